The van der Waals surface area contributed by atoms with Gasteiger partial charge < -0.3 is 29.8 Å². The number of nitrogens with one attached hydrogen (secondary N) is 1. The van der Waals surface area contributed by atoms with Crippen molar-refractivity contribution in [3.05, 3.63) is 54.2 Å². The molecule has 1 atom stereocenters. The van der Waals surface area contributed by atoms with E-state index < -0.39 is 36.4 Å². The summed E-state index contributed by atoms with van der Waals surface area (Å²) in [7, 11) is 2.07. The fourth-order valence-corrected chi connectivity index (χ4v) is 2.91. The van der Waals surface area contributed by atoms with Gasteiger partial charge in [0.2, 0.25) is 0 Å². The second-order valence-electron chi connectivity index (χ2n) is 7.28. The lowest BCUT2D eigenvalue weighted by molar-refractivity contribution is -0.170. The Bertz CT molecular complexity index is 1010. The Labute approximate surface area is 182 Å². The first-order valence-corrected chi connectivity index (χ1v) is 9.58. The van der Waals surface area contributed by atoms with E-state index in [1.807, 2.05) is 36.4 Å². The van der Waals surface area contributed by atoms with Crippen LogP contribution in [0.4, 0.5) is 0 Å². The SMILES string of the molecule is CC(c1ccco1)N(C)Cc1nc2ccccc2[nH]1.O=C(O)CC(O)(CC(=O)O)C(=O)O. The van der Waals surface area contributed by atoms with Gasteiger partial charge in [-0.2, -0.15) is 0 Å². The molecule has 0 aliphatic rings. The minimum atomic E-state index is -2.74. The normalized spacial score (nSPS) is 12.2. The Balaban J connectivity index is 0.000000247. The largest absolute Gasteiger partial charge is 0.481 e. The summed E-state index contributed by atoms with van der Waals surface area (Å²) >= 11 is 0. The van der Waals surface area contributed by atoms with Crippen molar-refractivity contribution in [2.24, 2.45) is 0 Å². The summed E-state index contributed by atoms with van der Waals surface area (Å²) in [5.74, 6) is -3.07. The molecule has 5 N–H and O–H groups in total. The van der Waals surface area contributed by atoms with Gasteiger partial charge in [0.05, 0.1) is 42.7 Å². The van der Waals surface area contributed by atoms with Crippen molar-refractivity contribution in [3.63, 3.8) is 0 Å². The van der Waals surface area contributed by atoms with Gasteiger partial charge >= 0.3 is 17.9 Å². The summed E-state index contributed by atoms with van der Waals surface area (Å²) in [6.45, 7) is 2.89. The Morgan fingerprint density at radius 3 is 2.22 bits per heavy atom. The van der Waals surface area contributed by atoms with Crippen LogP contribution in [0.15, 0.2) is 47.1 Å². The van der Waals surface area contributed by atoms with Gasteiger partial charge in [0.25, 0.3) is 0 Å². The van der Waals surface area contributed by atoms with Gasteiger partial charge in [-0.25, -0.2) is 9.78 Å². The lowest BCUT2D eigenvalue weighted by Crippen LogP contribution is -2.42. The van der Waals surface area contributed by atoms with Crippen LogP contribution in [-0.2, 0) is 20.9 Å². The average Bonchev–Trinajstić information content (AvgIpc) is 3.35. The first kappa shape index (κ1) is 24.6. The van der Waals surface area contributed by atoms with Gasteiger partial charge in [-0.05, 0) is 38.2 Å². The van der Waals surface area contributed by atoms with Crippen LogP contribution in [-0.4, -0.2) is 65.9 Å². The Kier molecular flexibility index (Phi) is 8.10. The van der Waals surface area contributed by atoms with Crippen molar-refractivity contribution in [1.29, 1.82) is 0 Å². The highest BCUT2D eigenvalue weighted by atomic mass is 16.4. The highest BCUT2D eigenvalue weighted by molar-refractivity contribution is 5.88. The van der Waals surface area contributed by atoms with Crippen molar-refractivity contribution in [1.82, 2.24) is 14.9 Å². The molecule has 32 heavy (non-hydrogen) atoms. The molecule has 11 nitrogen and oxygen atoms in total. The number of aliphatic hydroxyl groups is 1. The molecule has 0 aliphatic carbocycles. The van der Waals surface area contributed by atoms with E-state index in [4.69, 9.17) is 24.8 Å². The molecule has 0 amide bonds. The van der Waals surface area contributed by atoms with Crippen molar-refractivity contribution in [2.45, 2.75) is 38.0 Å². The molecule has 0 bridgehead atoms. The summed E-state index contributed by atoms with van der Waals surface area (Å²) in [5, 5.41) is 33.8. The topological polar surface area (TPSA) is 177 Å². The van der Waals surface area contributed by atoms with Crippen LogP contribution in [0.2, 0.25) is 0 Å². The highest BCUT2D eigenvalue weighted by Crippen LogP contribution is 2.21. The maximum absolute atomic E-state index is 10.3. The average molecular weight is 447 g/mol. The summed E-state index contributed by atoms with van der Waals surface area (Å²) in [6.07, 6.45) is -0.579. The number of imidazole rings is 1. The molecular weight excluding hydrogens is 422 g/mol. The number of carbonyl (C=O) groups is 3. The van der Waals surface area contributed by atoms with E-state index in [1.54, 1.807) is 6.26 Å². The lowest BCUT2D eigenvalue weighted by atomic mass is 9.96. The number of hydrogen-bond donors (Lipinski definition) is 5. The number of aromatic amines is 1. The van der Waals surface area contributed by atoms with E-state index >= 15 is 0 Å². The van der Waals surface area contributed by atoms with Gasteiger partial charge in [0.15, 0.2) is 5.60 Å². The smallest absolute Gasteiger partial charge is 0.336 e. The lowest BCUT2D eigenvalue weighted by Gasteiger charge is -2.21. The Morgan fingerprint density at radius 1 is 1.09 bits per heavy atom. The van der Waals surface area contributed by atoms with E-state index in [9.17, 15) is 14.4 Å². The number of furan rings is 1. The number of carboxylic acid groups (broad SMARTS) is 3. The monoisotopic (exact) mass is 447 g/mol. The quantitative estimate of drug-likeness (QED) is 0.326. The van der Waals surface area contributed by atoms with Crippen molar-refractivity contribution in [2.75, 3.05) is 7.05 Å². The molecule has 172 valence electrons. The molecule has 0 saturated heterocycles. The maximum atomic E-state index is 10.3. The van der Waals surface area contributed by atoms with Crippen LogP contribution in [0, 0.1) is 0 Å². The van der Waals surface area contributed by atoms with Gasteiger partial charge in [0, 0.05) is 0 Å². The van der Waals surface area contributed by atoms with Crippen molar-refractivity contribution >= 4 is 28.9 Å². The highest BCUT2D eigenvalue weighted by Gasteiger charge is 2.40. The molecule has 1 aromatic carbocycles. The standard InChI is InChI=1S/C15H17N3O.C6H8O7/c1-11(14-8-5-9-19-14)18(2)10-15-16-12-6-3-4-7-13(12)17-15;7-3(8)1-6(13,5(11)12)2-4(9)10/h3-9,11H,10H2,1-2H3,(H,16,17);13H,1-2H2,(H,7,8)(H,9,10)(H,11,12). The van der Waals surface area contributed by atoms with Crippen LogP contribution in [0.3, 0.4) is 0 Å². The third-order valence-electron chi connectivity index (χ3n) is 4.74. The van der Waals surface area contributed by atoms with Crippen LogP contribution in [0.5, 0.6) is 0 Å². The molecule has 0 spiro atoms. The predicted octanol–water partition coefficient (Wildman–Crippen LogP) is 2.10. The van der Waals surface area contributed by atoms with Gasteiger partial charge in [0.1, 0.15) is 11.6 Å². The van der Waals surface area contributed by atoms with E-state index in [-0.39, 0.29) is 6.04 Å². The van der Waals surface area contributed by atoms with Gasteiger partial charge in [-0.1, -0.05) is 12.1 Å². The van der Waals surface area contributed by atoms with Crippen LogP contribution in [0.1, 0.15) is 37.4 Å². The number of aliphatic carboxylic acids is 3. The molecule has 0 fully saturated rings. The maximum Gasteiger partial charge on any atom is 0.336 e. The molecule has 3 aromatic rings. The van der Waals surface area contributed by atoms with Crippen LogP contribution < -0.4 is 0 Å². The number of hydrogen-bond acceptors (Lipinski definition) is 7. The number of benzene rings is 1. The number of aromatic nitrogens is 2. The molecular formula is C21H25N3O8. The van der Waals surface area contributed by atoms with E-state index in [0.29, 0.717) is 0 Å². The number of para-hydroxylation sites is 2. The zero-order valence-electron chi connectivity index (χ0n) is 17.6. The Hall–Kier alpha value is -3.70. The number of carboxylic acids is 3. The third-order valence-corrected chi connectivity index (χ3v) is 4.74. The summed E-state index contributed by atoms with van der Waals surface area (Å²) < 4.78 is 5.44. The zero-order chi connectivity index (χ0) is 23.9. The minimum absolute atomic E-state index is 0.225. The first-order chi connectivity index (χ1) is 15.0. The second-order valence-corrected chi connectivity index (χ2v) is 7.28. The number of H-pyrrole nitrogens is 1. The molecule has 0 radical (unpaired) electrons. The van der Waals surface area contributed by atoms with Gasteiger partial charge in [-0.15, -0.1) is 0 Å². The molecule has 3 rings (SSSR count). The fourth-order valence-electron chi connectivity index (χ4n) is 2.91. The van der Waals surface area contributed by atoms with Crippen molar-refractivity contribution < 1.29 is 39.2 Å². The summed E-state index contributed by atoms with van der Waals surface area (Å²) in [4.78, 5) is 40.6. The molecule has 11 heteroatoms. The van der Waals surface area contributed by atoms with Crippen LogP contribution in [0.25, 0.3) is 11.0 Å². The summed E-state index contributed by atoms with van der Waals surface area (Å²) in [6, 6.07) is 12.2. The second kappa shape index (κ2) is 10.6. The first-order valence-electron chi connectivity index (χ1n) is 9.58. The van der Waals surface area contributed by atoms with Crippen LogP contribution >= 0.6 is 0 Å². The number of fused-ring (bicyclic) bond motifs is 1. The summed E-state index contributed by atoms with van der Waals surface area (Å²) in [5.41, 5.74) is -0.648. The molecule has 2 heterocycles. The van der Waals surface area contributed by atoms with E-state index in [2.05, 4.69) is 28.8 Å². The Morgan fingerprint density at radius 2 is 1.72 bits per heavy atom. The fraction of sp³-hybridized carbons (Fsp3) is 0.333. The van der Waals surface area contributed by atoms with E-state index in [0.717, 1.165) is 29.2 Å². The predicted molar refractivity (Wildman–Crippen MR) is 112 cm³/mol. The van der Waals surface area contributed by atoms with Gasteiger partial charge in [-0.3, -0.25) is 14.5 Å². The molecule has 1 unspecified atom stereocenters. The minimum Gasteiger partial charge on any atom is -0.481 e. The molecule has 0 saturated carbocycles. The number of nitrogens with zero attached hydrogens (tertiary/aromatic N) is 2. The zero-order valence-corrected chi connectivity index (χ0v) is 17.6. The van der Waals surface area contributed by atoms with E-state index in [1.165, 1.54) is 0 Å². The van der Waals surface area contributed by atoms with Crippen molar-refractivity contribution in [3.8, 4) is 0 Å². The molecule has 2 aromatic heterocycles. The number of rotatable bonds is 9. The third kappa shape index (κ3) is 6.65. The molecule has 0 aliphatic heterocycles.